The van der Waals surface area contributed by atoms with Gasteiger partial charge in [0, 0.05) is 25.7 Å². The minimum atomic E-state index is 0.726. The van der Waals surface area contributed by atoms with E-state index in [1.54, 1.807) is 7.11 Å². The lowest BCUT2D eigenvalue weighted by molar-refractivity contribution is 0.312. The molecule has 2 saturated heterocycles. The van der Waals surface area contributed by atoms with E-state index in [0.29, 0.717) is 0 Å². The van der Waals surface area contributed by atoms with Gasteiger partial charge in [0.1, 0.15) is 5.75 Å². The van der Waals surface area contributed by atoms with E-state index in [-0.39, 0.29) is 0 Å². The molecule has 2 fully saturated rings. The summed E-state index contributed by atoms with van der Waals surface area (Å²) in [5.41, 5.74) is 1.35. The molecule has 3 heteroatoms. The largest absolute Gasteiger partial charge is 0.497 e. The van der Waals surface area contributed by atoms with Crippen molar-refractivity contribution in [3.63, 3.8) is 0 Å². The van der Waals surface area contributed by atoms with Gasteiger partial charge < -0.3 is 10.1 Å². The molecule has 0 spiro atoms. The maximum absolute atomic E-state index is 5.28. The molecule has 0 aromatic heterocycles. The van der Waals surface area contributed by atoms with Crippen LogP contribution in [0.5, 0.6) is 5.75 Å². The molecule has 18 heavy (non-hydrogen) atoms. The molecule has 98 valence electrons. The summed E-state index contributed by atoms with van der Waals surface area (Å²) in [4.78, 5) is 2.57. The van der Waals surface area contributed by atoms with E-state index in [1.807, 2.05) is 6.07 Å². The monoisotopic (exact) mass is 246 g/mol. The van der Waals surface area contributed by atoms with Gasteiger partial charge in [0.15, 0.2) is 0 Å². The van der Waals surface area contributed by atoms with Crippen LogP contribution in [0, 0.1) is 5.92 Å². The molecule has 2 unspecified atom stereocenters. The third-order valence-electron chi connectivity index (χ3n) is 4.22. The Labute approximate surface area is 109 Å². The minimum absolute atomic E-state index is 0.726. The maximum Gasteiger partial charge on any atom is 0.119 e. The standard InChI is InChI=1S/C15H22N2O/c1-18-14-6-2-4-12(8-14)9-17-10-13-5-3-7-16-15(13)11-17/h2,4,6,8,13,15-16H,3,5,7,9-11H2,1H3. The maximum atomic E-state index is 5.28. The van der Waals surface area contributed by atoms with Gasteiger partial charge in [-0.15, -0.1) is 0 Å². The van der Waals surface area contributed by atoms with Crippen molar-refractivity contribution in [1.29, 1.82) is 0 Å². The quantitative estimate of drug-likeness (QED) is 0.881. The molecule has 1 aromatic carbocycles. The zero-order valence-electron chi connectivity index (χ0n) is 11.1. The Kier molecular flexibility index (Phi) is 3.52. The summed E-state index contributed by atoms with van der Waals surface area (Å²) < 4.78 is 5.28. The van der Waals surface area contributed by atoms with Gasteiger partial charge in [0.2, 0.25) is 0 Å². The van der Waals surface area contributed by atoms with Crippen molar-refractivity contribution in [1.82, 2.24) is 10.2 Å². The smallest absolute Gasteiger partial charge is 0.119 e. The summed E-state index contributed by atoms with van der Waals surface area (Å²) >= 11 is 0. The molecule has 2 aliphatic rings. The number of benzene rings is 1. The fraction of sp³-hybridized carbons (Fsp3) is 0.600. The molecular weight excluding hydrogens is 224 g/mol. The minimum Gasteiger partial charge on any atom is -0.497 e. The van der Waals surface area contributed by atoms with Crippen LogP contribution >= 0.6 is 0 Å². The Hall–Kier alpha value is -1.06. The van der Waals surface area contributed by atoms with Crippen molar-refractivity contribution in [3.05, 3.63) is 29.8 Å². The number of methoxy groups -OCH3 is 1. The molecule has 2 heterocycles. The Morgan fingerprint density at radius 1 is 1.39 bits per heavy atom. The van der Waals surface area contributed by atoms with Gasteiger partial charge in [-0.2, -0.15) is 0 Å². The Morgan fingerprint density at radius 2 is 2.33 bits per heavy atom. The highest BCUT2D eigenvalue weighted by atomic mass is 16.5. The van der Waals surface area contributed by atoms with Gasteiger partial charge in [-0.3, -0.25) is 4.90 Å². The lowest BCUT2D eigenvalue weighted by Crippen LogP contribution is -2.40. The molecule has 0 radical (unpaired) electrons. The molecule has 1 aromatic rings. The predicted molar refractivity (Wildman–Crippen MR) is 72.8 cm³/mol. The first kappa shape index (κ1) is 12.0. The van der Waals surface area contributed by atoms with Gasteiger partial charge in [0.25, 0.3) is 0 Å². The SMILES string of the molecule is COc1cccc(CN2CC3CCCNC3C2)c1. The van der Waals surface area contributed by atoms with Crippen molar-refractivity contribution in [2.24, 2.45) is 5.92 Å². The van der Waals surface area contributed by atoms with Crippen LogP contribution in [0.1, 0.15) is 18.4 Å². The van der Waals surface area contributed by atoms with E-state index in [4.69, 9.17) is 4.74 Å². The molecule has 1 N–H and O–H groups in total. The number of piperidine rings is 1. The first-order valence-corrected chi connectivity index (χ1v) is 6.94. The highest BCUT2D eigenvalue weighted by molar-refractivity contribution is 5.28. The second-order valence-corrected chi connectivity index (χ2v) is 5.51. The van der Waals surface area contributed by atoms with E-state index >= 15 is 0 Å². The van der Waals surface area contributed by atoms with E-state index in [2.05, 4.69) is 28.4 Å². The molecule has 2 atom stereocenters. The summed E-state index contributed by atoms with van der Waals surface area (Å²) in [6.07, 6.45) is 2.74. The Bertz CT molecular complexity index is 393. The number of hydrogen-bond donors (Lipinski definition) is 1. The first-order valence-electron chi connectivity index (χ1n) is 6.94. The third kappa shape index (κ3) is 2.52. The van der Waals surface area contributed by atoms with Crippen LogP contribution < -0.4 is 10.1 Å². The second-order valence-electron chi connectivity index (χ2n) is 5.51. The fourth-order valence-electron chi connectivity index (χ4n) is 3.29. The summed E-state index contributed by atoms with van der Waals surface area (Å²) in [6.45, 7) is 4.69. The van der Waals surface area contributed by atoms with Gasteiger partial charge in [0.05, 0.1) is 7.11 Å². The highest BCUT2D eigenvalue weighted by Gasteiger charge is 2.33. The van der Waals surface area contributed by atoms with Crippen molar-refractivity contribution in [3.8, 4) is 5.75 Å². The topological polar surface area (TPSA) is 24.5 Å². The Balaban J connectivity index is 1.63. The van der Waals surface area contributed by atoms with Gasteiger partial charge in [-0.05, 0) is 43.0 Å². The average Bonchev–Trinajstić information content (AvgIpc) is 2.81. The number of ether oxygens (including phenoxy) is 1. The summed E-state index contributed by atoms with van der Waals surface area (Å²) in [7, 11) is 1.73. The van der Waals surface area contributed by atoms with Gasteiger partial charge in [-0.1, -0.05) is 12.1 Å². The molecule has 3 nitrogen and oxygen atoms in total. The van der Waals surface area contributed by atoms with Gasteiger partial charge in [-0.25, -0.2) is 0 Å². The summed E-state index contributed by atoms with van der Waals surface area (Å²) in [6, 6.07) is 9.15. The second kappa shape index (κ2) is 5.29. The van der Waals surface area contributed by atoms with Crippen LogP contribution in [-0.4, -0.2) is 37.7 Å². The van der Waals surface area contributed by atoms with Crippen molar-refractivity contribution < 1.29 is 4.74 Å². The highest BCUT2D eigenvalue weighted by Crippen LogP contribution is 2.26. The third-order valence-corrected chi connectivity index (χ3v) is 4.22. The lowest BCUT2D eigenvalue weighted by atomic mass is 9.94. The number of nitrogens with one attached hydrogen (secondary N) is 1. The fourth-order valence-corrected chi connectivity index (χ4v) is 3.29. The number of rotatable bonds is 3. The van der Waals surface area contributed by atoms with E-state index in [9.17, 15) is 0 Å². The van der Waals surface area contributed by atoms with Crippen molar-refractivity contribution in [2.45, 2.75) is 25.4 Å². The molecule has 0 aliphatic carbocycles. The van der Waals surface area contributed by atoms with Crippen LogP contribution in [0.3, 0.4) is 0 Å². The van der Waals surface area contributed by atoms with Crippen LogP contribution in [0.4, 0.5) is 0 Å². The van der Waals surface area contributed by atoms with Crippen LogP contribution in [0.2, 0.25) is 0 Å². The first-order chi connectivity index (χ1) is 8.85. The Morgan fingerprint density at radius 3 is 3.17 bits per heavy atom. The summed E-state index contributed by atoms with van der Waals surface area (Å²) in [5, 5.41) is 3.65. The number of fused-ring (bicyclic) bond motifs is 1. The van der Waals surface area contributed by atoms with Crippen molar-refractivity contribution >= 4 is 0 Å². The molecular formula is C15H22N2O. The predicted octanol–water partition coefficient (Wildman–Crippen LogP) is 1.88. The summed E-state index contributed by atoms with van der Waals surface area (Å²) in [5.74, 6) is 1.83. The van der Waals surface area contributed by atoms with Crippen LogP contribution in [0.25, 0.3) is 0 Å². The number of hydrogen-bond acceptors (Lipinski definition) is 3. The van der Waals surface area contributed by atoms with Crippen LogP contribution in [-0.2, 0) is 6.54 Å². The van der Waals surface area contributed by atoms with Crippen LogP contribution in [0.15, 0.2) is 24.3 Å². The van der Waals surface area contributed by atoms with E-state index in [0.717, 1.165) is 24.3 Å². The lowest BCUT2D eigenvalue weighted by Gasteiger charge is -2.24. The molecule has 3 rings (SSSR count). The molecule has 0 bridgehead atoms. The van der Waals surface area contributed by atoms with Crippen molar-refractivity contribution in [2.75, 3.05) is 26.7 Å². The van der Waals surface area contributed by atoms with E-state index in [1.165, 1.54) is 38.0 Å². The molecule has 0 saturated carbocycles. The zero-order chi connectivity index (χ0) is 12.4. The zero-order valence-corrected chi connectivity index (χ0v) is 11.1. The number of likely N-dealkylation sites (tertiary alicyclic amines) is 1. The van der Waals surface area contributed by atoms with E-state index < -0.39 is 0 Å². The molecule has 2 aliphatic heterocycles. The average molecular weight is 246 g/mol. The number of nitrogens with zero attached hydrogens (tertiary/aromatic N) is 1. The molecule has 0 amide bonds. The normalized spacial score (nSPS) is 28.1. The van der Waals surface area contributed by atoms with Gasteiger partial charge >= 0.3 is 0 Å².